The maximum Gasteiger partial charge on any atom is 0.232 e. The molecule has 1 aliphatic rings. The molecule has 2 aromatic rings. The van der Waals surface area contributed by atoms with Crippen molar-refractivity contribution in [3.8, 4) is 0 Å². The number of hydrogen-bond donors (Lipinski definition) is 0. The molecule has 3 rings (SSSR count). The van der Waals surface area contributed by atoms with Crippen LogP contribution in [-0.2, 0) is 17.6 Å². The van der Waals surface area contributed by atoms with Crippen molar-refractivity contribution >= 4 is 5.91 Å². The summed E-state index contributed by atoms with van der Waals surface area (Å²) >= 11 is 0. The van der Waals surface area contributed by atoms with E-state index in [1.165, 1.54) is 11.1 Å². The Bertz CT molecular complexity index is 648. The Hall–Kier alpha value is -2.17. The summed E-state index contributed by atoms with van der Waals surface area (Å²) in [5, 5.41) is 3.92. The molecule has 1 unspecified atom stereocenters. The van der Waals surface area contributed by atoms with E-state index in [0.29, 0.717) is 24.7 Å². The molecule has 5 nitrogen and oxygen atoms in total. The van der Waals surface area contributed by atoms with Crippen LogP contribution in [0, 0.1) is 6.92 Å². The van der Waals surface area contributed by atoms with E-state index in [1.54, 1.807) is 0 Å². The van der Waals surface area contributed by atoms with Gasteiger partial charge in [-0.3, -0.25) is 4.79 Å². The van der Waals surface area contributed by atoms with Crippen LogP contribution in [0.3, 0.4) is 0 Å². The van der Waals surface area contributed by atoms with Crippen LogP contribution in [0.25, 0.3) is 0 Å². The molecule has 1 saturated heterocycles. The van der Waals surface area contributed by atoms with Crippen LogP contribution >= 0.6 is 0 Å². The maximum atomic E-state index is 12.1. The minimum Gasteiger partial charge on any atom is -0.342 e. The van der Waals surface area contributed by atoms with Crippen molar-refractivity contribution < 1.29 is 9.32 Å². The van der Waals surface area contributed by atoms with Crippen molar-refractivity contribution in [3.05, 3.63) is 47.1 Å². The third kappa shape index (κ3) is 3.18. The van der Waals surface area contributed by atoms with E-state index in [0.717, 1.165) is 19.4 Å². The molecular formula is C17H21N3O2. The molecule has 2 heterocycles. The van der Waals surface area contributed by atoms with Crippen molar-refractivity contribution in [2.24, 2.45) is 0 Å². The van der Waals surface area contributed by atoms with Crippen LogP contribution in [-0.4, -0.2) is 34.0 Å². The zero-order chi connectivity index (χ0) is 15.5. The third-order valence-corrected chi connectivity index (χ3v) is 4.15. The zero-order valence-electron chi connectivity index (χ0n) is 13.1. The van der Waals surface area contributed by atoms with E-state index in [9.17, 15) is 4.79 Å². The molecule has 116 valence electrons. The number of aryl methyl sites for hydroxylation is 2. The number of amides is 1. The molecule has 1 amide bonds. The van der Waals surface area contributed by atoms with Crippen molar-refractivity contribution in [3.63, 3.8) is 0 Å². The zero-order valence-corrected chi connectivity index (χ0v) is 13.1. The summed E-state index contributed by atoms with van der Waals surface area (Å²) < 4.78 is 5.27. The Morgan fingerprint density at radius 3 is 2.77 bits per heavy atom. The molecule has 1 fully saturated rings. The summed E-state index contributed by atoms with van der Waals surface area (Å²) in [7, 11) is 0. The van der Waals surface area contributed by atoms with Gasteiger partial charge in [0.2, 0.25) is 11.8 Å². The summed E-state index contributed by atoms with van der Waals surface area (Å²) in [4.78, 5) is 18.4. The predicted octanol–water partition coefficient (Wildman–Crippen LogP) is 2.50. The van der Waals surface area contributed by atoms with Gasteiger partial charge in [0.25, 0.3) is 0 Å². The minimum atomic E-state index is 0.0401. The normalized spacial score (nSPS) is 18.2. The molecule has 0 bridgehead atoms. The fraction of sp³-hybridized carbons (Fsp3) is 0.471. The quantitative estimate of drug-likeness (QED) is 0.851. The summed E-state index contributed by atoms with van der Waals surface area (Å²) in [6.07, 6.45) is 2.10. The fourth-order valence-electron chi connectivity index (χ4n) is 2.75. The smallest absolute Gasteiger partial charge is 0.232 e. The Kier molecular flexibility index (Phi) is 4.22. The first-order chi connectivity index (χ1) is 10.7. The first-order valence-corrected chi connectivity index (χ1v) is 7.81. The largest absolute Gasteiger partial charge is 0.342 e. The molecule has 0 saturated carbocycles. The highest BCUT2D eigenvalue weighted by Gasteiger charge is 2.33. The second kappa shape index (κ2) is 6.30. The van der Waals surface area contributed by atoms with Gasteiger partial charge in [-0.25, -0.2) is 0 Å². The van der Waals surface area contributed by atoms with Gasteiger partial charge in [0.05, 0.1) is 5.92 Å². The number of hydrogen-bond acceptors (Lipinski definition) is 4. The standard InChI is InChI=1S/C17H21N3O2/c1-3-15-18-17(22-19-15)14-10-16(21)20(11-14)9-8-13-6-4-12(2)5-7-13/h4-7,14H,3,8-11H2,1-2H3. The van der Waals surface area contributed by atoms with Crippen LogP contribution in [0.4, 0.5) is 0 Å². The SMILES string of the molecule is CCc1noc(C2CC(=O)N(CCc3ccc(C)cc3)C2)n1. The Morgan fingerprint density at radius 1 is 1.32 bits per heavy atom. The molecule has 1 aliphatic heterocycles. The van der Waals surface area contributed by atoms with Crippen LogP contribution in [0.1, 0.15) is 42.1 Å². The summed E-state index contributed by atoms with van der Waals surface area (Å²) in [5.74, 6) is 1.52. The lowest BCUT2D eigenvalue weighted by atomic mass is 10.1. The molecule has 5 heteroatoms. The van der Waals surface area contributed by atoms with Crippen molar-refractivity contribution in [1.29, 1.82) is 0 Å². The molecular weight excluding hydrogens is 278 g/mol. The van der Waals surface area contributed by atoms with E-state index in [4.69, 9.17) is 4.52 Å². The Labute approximate surface area is 130 Å². The van der Waals surface area contributed by atoms with E-state index in [2.05, 4.69) is 41.3 Å². The number of carbonyl (C=O) groups is 1. The Morgan fingerprint density at radius 2 is 2.09 bits per heavy atom. The highest BCUT2D eigenvalue weighted by Crippen LogP contribution is 2.27. The van der Waals surface area contributed by atoms with E-state index in [-0.39, 0.29) is 11.8 Å². The van der Waals surface area contributed by atoms with Gasteiger partial charge in [0.15, 0.2) is 5.82 Å². The van der Waals surface area contributed by atoms with E-state index < -0.39 is 0 Å². The van der Waals surface area contributed by atoms with Crippen molar-refractivity contribution in [2.45, 2.75) is 39.0 Å². The molecule has 1 atom stereocenters. The van der Waals surface area contributed by atoms with Crippen LogP contribution < -0.4 is 0 Å². The lowest BCUT2D eigenvalue weighted by molar-refractivity contribution is -0.127. The van der Waals surface area contributed by atoms with Crippen molar-refractivity contribution in [2.75, 3.05) is 13.1 Å². The molecule has 1 aromatic heterocycles. The van der Waals surface area contributed by atoms with Gasteiger partial charge >= 0.3 is 0 Å². The van der Waals surface area contributed by atoms with Crippen LogP contribution in [0.2, 0.25) is 0 Å². The van der Waals surface area contributed by atoms with Gasteiger partial charge in [-0.15, -0.1) is 0 Å². The fourth-order valence-corrected chi connectivity index (χ4v) is 2.75. The van der Waals surface area contributed by atoms with Crippen molar-refractivity contribution in [1.82, 2.24) is 15.0 Å². The maximum absolute atomic E-state index is 12.1. The number of benzene rings is 1. The third-order valence-electron chi connectivity index (χ3n) is 4.15. The van der Waals surface area contributed by atoms with Crippen LogP contribution in [0.5, 0.6) is 0 Å². The molecule has 22 heavy (non-hydrogen) atoms. The minimum absolute atomic E-state index is 0.0401. The van der Waals surface area contributed by atoms with Gasteiger partial charge in [0, 0.05) is 25.9 Å². The van der Waals surface area contributed by atoms with Gasteiger partial charge in [-0.05, 0) is 18.9 Å². The number of nitrogens with zero attached hydrogens (tertiary/aromatic N) is 3. The summed E-state index contributed by atoms with van der Waals surface area (Å²) in [5.41, 5.74) is 2.51. The first-order valence-electron chi connectivity index (χ1n) is 7.81. The first kappa shape index (κ1) is 14.8. The number of aromatic nitrogens is 2. The average Bonchev–Trinajstić information content (AvgIpc) is 3.13. The molecule has 0 aliphatic carbocycles. The second-order valence-electron chi connectivity index (χ2n) is 5.88. The van der Waals surface area contributed by atoms with Gasteiger partial charge < -0.3 is 9.42 Å². The monoisotopic (exact) mass is 299 g/mol. The molecule has 1 aromatic carbocycles. The topological polar surface area (TPSA) is 59.2 Å². The number of rotatable bonds is 5. The molecule has 0 spiro atoms. The number of carbonyl (C=O) groups excluding carboxylic acids is 1. The number of likely N-dealkylation sites (tertiary alicyclic amines) is 1. The lowest BCUT2D eigenvalue weighted by Crippen LogP contribution is -2.27. The lowest BCUT2D eigenvalue weighted by Gasteiger charge is -2.15. The average molecular weight is 299 g/mol. The van der Waals surface area contributed by atoms with Gasteiger partial charge in [0.1, 0.15) is 0 Å². The second-order valence-corrected chi connectivity index (χ2v) is 5.88. The van der Waals surface area contributed by atoms with Gasteiger partial charge in [-0.2, -0.15) is 4.98 Å². The van der Waals surface area contributed by atoms with Gasteiger partial charge in [-0.1, -0.05) is 41.9 Å². The van der Waals surface area contributed by atoms with E-state index >= 15 is 0 Å². The summed E-state index contributed by atoms with van der Waals surface area (Å²) in [6.45, 7) is 5.48. The molecule has 0 N–H and O–H groups in total. The highest BCUT2D eigenvalue weighted by atomic mass is 16.5. The van der Waals surface area contributed by atoms with E-state index in [1.807, 2.05) is 11.8 Å². The predicted molar refractivity (Wildman–Crippen MR) is 82.5 cm³/mol. The Balaban J connectivity index is 1.58. The summed E-state index contributed by atoms with van der Waals surface area (Å²) in [6, 6.07) is 8.46. The molecule has 0 radical (unpaired) electrons. The highest BCUT2D eigenvalue weighted by molar-refractivity contribution is 5.79. The van der Waals surface area contributed by atoms with Crippen LogP contribution in [0.15, 0.2) is 28.8 Å².